The molecule has 0 fully saturated rings. The zero-order valence-corrected chi connectivity index (χ0v) is 18.7. The molecule has 0 aliphatic rings. The van der Waals surface area contributed by atoms with Crippen molar-refractivity contribution in [2.75, 3.05) is 5.32 Å². The molecule has 4 nitrogen and oxygen atoms in total. The van der Waals surface area contributed by atoms with Crippen LogP contribution < -0.4 is 10.1 Å². The second-order valence-electron chi connectivity index (χ2n) is 6.13. The number of ether oxygens (including phenoxy) is 1. The van der Waals surface area contributed by atoms with Gasteiger partial charge in [0.1, 0.15) is 12.4 Å². The van der Waals surface area contributed by atoms with Crippen LogP contribution in [-0.4, -0.2) is 17.1 Å². The zero-order valence-electron chi connectivity index (χ0n) is 14.8. The quantitative estimate of drug-likeness (QED) is 0.419. The Labute approximate surface area is 179 Å². The highest BCUT2D eigenvalue weighted by Gasteiger charge is 2.15. The van der Waals surface area contributed by atoms with Crippen molar-refractivity contribution in [1.29, 1.82) is 0 Å². The van der Waals surface area contributed by atoms with Gasteiger partial charge in [-0.3, -0.25) is 4.79 Å². The van der Waals surface area contributed by atoms with E-state index >= 15 is 0 Å². The van der Waals surface area contributed by atoms with Crippen LogP contribution in [0.5, 0.6) is 5.75 Å². The molecule has 2 N–H and O–H groups in total. The summed E-state index contributed by atoms with van der Waals surface area (Å²) in [6, 6.07) is 6.52. The van der Waals surface area contributed by atoms with Gasteiger partial charge in [0.2, 0.25) is 0 Å². The maximum Gasteiger partial charge on any atom is 0.307 e. The minimum Gasteiger partial charge on any atom is -0.486 e. The fourth-order valence-electron chi connectivity index (χ4n) is 2.40. The summed E-state index contributed by atoms with van der Waals surface area (Å²) in [5.41, 5.74) is 1.27. The first-order chi connectivity index (χ1) is 12.7. The van der Waals surface area contributed by atoms with Crippen LogP contribution >= 0.6 is 43.5 Å². The third kappa shape index (κ3) is 6.09. The lowest BCUT2D eigenvalue weighted by molar-refractivity contribution is -0.136. The normalized spacial score (nSPS) is 11.9. The van der Waals surface area contributed by atoms with E-state index in [2.05, 4.69) is 37.2 Å². The fraction of sp³-hybridized carbons (Fsp3) is 0.316. The molecular weight excluding hydrogens is 504 g/mol. The molecule has 27 heavy (non-hydrogen) atoms. The predicted octanol–water partition coefficient (Wildman–Crippen LogP) is 6.42. The number of benzene rings is 2. The summed E-state index contributed by atoms with van der Waals surface area (Å²) in [5, 5.41) is 12.4. The Morgan fingerprint density at radius 1 is 1.30 bits per heavy atom. The number of carboxylic acid groups (broad SMARTS) is 1. The number of aliphatic carboxylic acids is 1. The molecule has 2 rings (SSSR count). The third-order valence-corrected chi connectivity index (χ3v) is 5.31. The smallest absolute Gasteiger partial charge is 0.307 e. The van der Waals surface area contributed by atoms with Crippen molar-refractivity contribution in [2.45, 2.75) is 39.3 Å². The minimum atomic E-state index is -0.926. The van der Waals surface area contributed by atoms with Crippen LogP contribution in [0.4, 0.5) is 10.1 Å². The van der Waals surface area contributed by atoms with Crippen molar-refractivity contribution in [3.63, 3.8) is 0 Å². The first-order valence-electron chi connectivity index (χ1n) is 8.28. The lowest BCUT2D eigenvalue weighted by Crippen LogP contribution is -2.15. The molecule has 1 unspecified atom stereocenters. The SMILES string of the molecule is CCC(C)Nc1cc(Cl)cc(COc2c(Br)cc(CC(=O)O)cc2Br)c1F. The fourth-order valence-corrected chi connectivity index (χ4v) is 4.15. The van der Waals surface area contributed by atoms with Crippen LogP contribution in [0.15, 0.2) is 33.2 Å². The number of rotatable bonds is 8. The summed E-state index contributed by atoms with van der Waals surface area (Å²) in [7, 11) is 0. The summed E-state index contributed by atoms with van der Waals surface area (Å²) in [6.07, 6.45) is 0.741. The van der Waals surface area contributed by atoms with E-state index in [0.717, 1.165) is 6.42 Å². The van der Waals surface area contributed by atoms with Gasteiger partial charge >= 0.3 is 5.97 Å². The molecule has 0 amide bonds. The molecule has 2 aromatic carbocycles. The van der Waals surface area contributed by atoms with Gasteiger partial charge in [-0.25, -0.2) is 4.39 Å². The van der Waals surface area contributed by atoms with Crippen molar-refractivity contribution in [3.05, 3.63) is 55.2 Å². The van der Waals surface area contributed by atoms with Crippen LogP contribution in [0.1, 0.15) is 31.4 Å². The van der Waals surface area contributed by atoms with Crippen molar-refractivity contribution < 1.29 is 19.0 Å². The van der Waals surface area contributed by atoms with Crippen molar-refractivity contribution >= 4 is 55.1 Å². The number of hydrogen-bond donors (Lipinski definition) is 2. The van der Waals surface area contributed by atoms with E-state index in [0.29, 0.717) is 36.5 Å². The van der Waals surface area contributed by atoms with E-state index in [-0.39, 0.29) is 19.1 Å². The van der Waals surface area contributed by atoms with Gasteiger partial charge in [-0.1, -0.05) is 18.5 Å². The van der Waals surface area contributed by atoms with Gasteiger partial charge in [-0.05, 0) is 75.0 Å². The molecule has 8 heteroatoms. The summed E-state index contributed by atoms with van der Waals surface area (Å²) < 4.78 is 21.7. The van der Waals surface area contributed by atoms with Gasteiger partial charge in [0.05, 0.1) is 21.1 Å². The largest absolute Gasteiger partial charge is 0.486 e. The summed E-state index contributed by atoms with van der Waals surface area (Å²) in [5.74, 6) is -0.876. The number of carbonyl (C=O) groups is 1. The van der Waals surface area contributed by atoms with Crippen molar-refractivity contribution in [2.24, 2.45) is 0 Å². The molecule has 0 bridgehead atoms. The lowest BCUT2D eigenvalue weighted by Gasteiger charge is -2.17. The average Bonchev–Trinajstić information content (AvgIpc) is 2.57. The third-order valence-electron chi connectivity index (χ3n) is 3.91. The molecule has 0 aromatic heterocycles. The van der Waals surface area contributed by atoms with Gasteiger partial charge < -0.3 is 15.2 Å². The Bertz CT molecular complexity index is 825. The Hall–Kier alpha value is -1.31. The molecule has 2 aromatic rings. The number of halogens is 4. The standard InChI is InChI=1S/C19H19Br2ClFNO3/c1-3-10(2)24-16-8-13(22)7-12(18(16)23)9-27-19-14(20)4-11(5-15(19)21)6-17(25)26/h4-5,7-8,10,24H,3,6,9H2,1-2H3,(H,25,26). The maximum atomic E-state index is 14.8. The molecule has 0 aliphatic carbocycles. The average molecular weight is 524 g/mol. The lowest BCUT2D eigenvalue weighted by atomic mass is 10.1. The second kappa shape index (κ2) is 9.75. The Morgan fingerprint density at radius 3 is 2.48 bits per heavy atom. The van der Waals surface area contributed by atoms with Crippen LogP contribution in [0.2, 0.25) is 5.02 Å². The van der Waals surface area contributed by atoms with E-state index < -0.39 is 11.8 Å². The molecule has 146 valence electrons. The molecule has 0 saturated carbocycles. The van der Waals surface area contributed by atoms with E-state index in [9.17, 15) is 9.18 Å². The molecule has 0 radical (unpaired) electrons. The molecule has 0 aliphatic heterocycles. The van der Waals surface area contributed by atoms with Crippen LogP contribution in [0.3, 0.4) is 0 Å². The zero-order chi connectivity index (χ0) is 20.1. The van der Waals surface area contributed by atoms with Crippen molar-refractivity contribution in [1.82, 2.24) is 0 Å². The van der Waals surface area contributed by atoms with Gasteiger partial charge in [-0.15, -0.1) is 0 Å². The molecule has 0 heterocycles. The molecule has 0 spiro atoms. The van der Waals surface area contributed by atoms with Crippen molar-refractivity contribution in [3.8, 4) is 5.75 Å². The highest BCUT2D eigenvalue weighted by atomic mass is 79.9. The Kier molecular flexibility index (Phi) is 7.94. The Balaban J connectivity index is 2.22. The highest BCUT2D eigenvalue weighted by molar-refractivity contribution is 9.11. The predicted molar refractivity (Wildman–Crippen MR) is 112 cm³/mol. The molecule has 0 saturated heterocycles. The Morgan fingerprint density at radius 2 is 1.93 bits per heavy atom. The summed E-state index contributed by atoms with van der Waals surface area (Å²) in [6.45, 7) is 3.94. The van der Waals surface area contributed by atoms with Crippen LogP contribution in [-0.2, 0) is 17.8 Å². The van der Waals surface area contributed by atoms with Gasteiger partial charge in [0.15, 0.2) is 5.82 Å². The monoisotopic (exact) mass is 521 g/mol. The summed E-state index contributed by atoms with van der Waals surface area (Å²) >= 11 is 12.9. The van der Waals surface area contributed by atoms with Crippen LogP contribution in [0, 0.1) is 5.82 Å². The number of anilines is 1. The van der Waals surface area contributed by atoms with Gasteiger partial charge in [0, 0.05) is 16.6 Å². The topological polar surface area (TPSA) is 58.6 Å². The van der Waals surface area contributed by atoms with E-state index in [4.69, 9.17) is 21.4 Å². The first-order valence-corrected chi connectivity index (χ1v) is 10.2. The molecule has 1 atom stereocenters. The number of hydrogen-bond acceptors (Lipinski definition) is 3. The van der Waals surface area contributed by atoms with E-state index in [1.165, 1.54) is 6.07 Å². The molecular formula is C19H19Br2ClFNO3. The first kappa shape index (κ1) is 22.0. The number of carboxylic acids is 1. The highest BCUT2D eigenvalue weighted by Crippen LogP contribution is 2.36. The van der Waals surface area contributed by atoms with Crippen LogP contribution in [0.25, 0.3) is 0 Å². The summed E-state index contributed by atoms with van der Waals surface area (Å²) in [4.78, 5) is 10.9. The van der Waals surface area contributed by atoms with Gasteiger partial charge in [0.25, 0.3) is 0 Å². The van der Waals surface area contributed by atoms with E-state index in [1.807, 2.05) is 13.8 Å². The van der Waals surface area contributed by atoms with E-state index in [1.54, 1.807) is 18.2 Å². The maximum absolute atomic E-state index is 14.8. The minimum absolute atomic E-state index is 0.0307. The second-order valence-corrected chi connectivity index (χ2v) is 8.27. The number of nitrogens with one attached hydrogen (secondary N) is 1. The van der Waals surface area contributed by atoms with Gasteiger partial charge in [-0.2, -0.15) is 0 Å².